The van der Waals surface area contributed by atoms with E-state index in [0.29, 0.717) is 6.54 Å². The van der Waals surface area contributed by atoms with Gasteiger partial charge in [0.25, 0.3) is 0 Å². The molecule has 0 aromatic carbocycles. The van der Waals surface area contributed by atoms with E-state index < -0.39 is 0 Å². The SMILES string of the molecule is NCCc1cnc2cnccc2c1. The molecule has 66 valence electrons. The molecule has 0 atom stereocenters. The minimum Gasteiger partial charge on any atom is -0.330 e. The summed E-state index contributed by atoms with van der Waals surface area (Å²) in [5.41, 5.74) is 7.58. The van der Waals surface area contributed by atoms with Crippen molar-refractivity contribution in [3.8, 4) is 0 Å². The number of fused-ring (bicyclic) bond motifs is 1. The minimum atomic E-state index is 0.665. The van der Waals surface area contributed by atoms with Crippen LogP contribution in [0.1, 0.15) is 5.56 Å². The van der Waals surface area contributed by atoms with Gasteiger partial charge in [-0.2, -0.15) is 0 Å². The van der Waals surface area contributed by atoms with Crippen LogP contribution in [-0.2, 0) is 6.42 Å². The van der Waals surface area contributed by atoms with Crippen LogP contribution in [0, 0.1) is 0 Å². The summed E-state index contributed by atoms with van der Waals surface area (Å²) in [6, 6.07) is 4.07. The molecule has 2 heterocycles. The van der Waals surface area contributed by atoms with E-state index in [9.17, 15) is 0 Å². The maximum absolute atomic E-state index is 5.46. The second-order valence-corrected chi connectivity index (χ2v) is 2.95. The van der Waals surface area contributed by atoms with E-state index in [0.717, 1.165) is 17.3 Å². The van der Waals surface area contributed by atoms with Crippen LogP contribution in [0.15, 0.2) is 30.7 Å². The van der Waals surface area contributed by atoms with Crippen molar-refractivity contribution in [2.24, 2.45) is 5.73 Å². The summed E-state index contributed by atoms with van der Waals surface area (Å²) in [6.07, 6.45) is 6.28. The highest BCUT2D eigenvalue weighted by molar-refractivity contribution is 5.77. The smallest absolute Gasteiger partial charge is 0.0885 e. The Kier molecular flexibility index (Phi) is 2.19. The van der Waals surface area contributed by atoms with Gasteiger partial charge in [-0.05, 0) is 30.7 Å². The van der Waals surface area contributed by atoms with Crippen molar-refractivity contribution in [1.82, 2.24) is 9.97 Å². The molecule has 0 amide bonds. The lowest BCUT2D eigenvalue weighted by atomic mass is 10.1. The van der Waals surface area contributed by atoms with Crippen molar-refractivity contribution in [3.63, 3.8) is 0 Å². The predicted octanol–water partition coefficient (Wildman–Crippen LogP) is 1.13. The van der Waals surface area contributed by atoms with Crippen molar-refractivity contribution >= 4 is 10.9 Å². The average Bonchev–Trinajstić information content (AvgIpc) is 2.18. The molecule has 2 N–H and O–H groups in total. The van der Waals surface area contributed by atoms with Gasteiger partial charge in [0.05, 0.1) is 11.7 Å². The Morgan fingerprint density at radius 3 is 3.08 bits per heavy atom. The number of nitrogens with two attached hydrogens (primary N) is 1. The molecule has 2 aromatic rings. The molecule has 0 fully saturated rings. The summed E-state index contributed by atoms with van der Waals surface area (Å²) in [6.45, 7) is 0.665. The lowest BCUT2D eigenvalue weighted by molar-refractivity contribution is 0.963. The number of hydrogen-bond acceptors (Lipinski definition) is 3. The van der Waals surface area contributed by atoms with Gasteiger partial charge >= 0.3 is 0 Å². The fraction of sp³-hybridized carbons (Fsp3) is 0.200. The van der Waals surface area contributed by atoms with E-state index in [1.807, 2.05) is 12.3 Å². The zero-order valence-electron chi connectivity index (χ0n) is 7.27. The first-order valence-electron chi connectivity index (χ1n) is 4.29. The molecule has 0 radical (unpaired) electrons. The second kappa shape index (κ2) is 3.49. The normalized spacial score (nSPS) is 10.5. The van der Waals surface area contributed by atoms with Gasteiger partial charge in [0.15, 0.2) is 0 Å². The summed E-state index contributed by atoms with van der Waals surface area (Å²) in [5, 5.41) is 1.13. The van der Waals surface area contributed by atoms with Gasteiger partial charge in [0, 0.05) is 17.8 Å². The molecule has 0 aliphatic rings. The molecule has 13 heavy (non-hydrogen) atoms. The standard InChI is InChI=1S/C10H11N3/c11-3-1-8-5-9-2-4-12-7-10(9)13-6-8/h2,4-7H,1,3,11H2. The Morgan fingerprint density at radius 2 is 2.23 bits per heavy atom. The minimum absolute atomic E-state index is 0.665. The molecule has 0 saturated heterocycles. The highest BCUT2D eigenvalue weighted by Crippen LogP contribution is 2.11. The topological polar surface area (TPSA) is 51.8 Å². The summed E-state index contributed by atoms with van der Waals surface area (Å²) < 4.78 is 0. The van der Waals surface area contributed by atoms with E-state index in [2.05, 4.69) is 16.0 Å². The van der Waals surface area contributed by atoms with Gasteiger partial charge in [0.1, 0.15) is 0 Å². The summed E-state index contributed by atoms with van der Waals surface area (Å²) in [4.78, 5) is 8.28. The lowest BCUT2D eigenvalue weighted by Crippen LogP contribution is -2.02. The fourth-order valence-corrected chi connectivity index (χ4v) is 1.32. The van der Waals surface area contributed by atoms with Gasteiger partial charge in [-0.1, -0.05) is 0 Å². The van der Waals surface area contributed by atoms with E-state index >= 15 is 0 Å². The monoisotopic (exact) mass is 173 g/mol. The van der Waals surface area contributed by atoms with Crippen molar-refractivity contribution in [3.05, 3.63) is 36.3 Å². The number of nitrogens with zero attached hydrogens (tertiary/aromatic N) is 2. The number of rotatable bonds is 2. The zero-order valence-corrected chi connectivity index (χ0v) is 7.27. The molecular weight excluding hydrogens is 162 g/mol. The zero-order chi connectivity index (χ0) is 9.10. The molecule has 3 heteroatoms. The highest BCUT2D eigenvalue weighted by atomic mass is 14.7. The van der Waals surface area contributed by atoms with E-state index in [-0.39, 0.29) is 0 Å². The fourth-order valence-electron chi connectivity index (χ4n) is 1.32. The third-order valence-electron chi connectivity index (χ3n) is 1.98. The molecule has 0 aliphatic heterocycles. The molecule has 0 saturated carbocycles. The van der Waals surface area contributed by atoms with Gasteiger partial charge in [0.2, 0.25) is 0 Å². The van der Waals surface area contributed by atoms with Crippen LogP contribution in [0.3, 0.4) is 0 Å². The largest absolute Gasteiger partial charge is 0.330 e. The Labute approximate surface area is 76.6 Å². The lowest BCUT2D eigenvalue weighted by Gasteiger charge is -1.99. The first kappa shape index (κ1) is 8.13. The average molecular weight is 173 g/mol. The summed E-state index contributed by atoms with van der Waals surface area (Å²) in [7, 11) is 0. The van der Waals surface area contributed by atoms with Crippen LogP contribution in [0.2, 0.25) is 0 Å². The maximum atomic E-state index is 5.46. The highest BCUT2D eigenvalue weighted by Gasteiger charge is 1.95. The molecular formula is C10H11N3. The van der Waals surface area contributed by atoms with Gasteiger partial charge in [-0.25, -0.2) is 0 Å². The van der Waals surface area contributed by atoms with E-state index in [1.54, 1.807) is 12.4 Å². The van der Waals surface area contributed by atoms with Crippen molar-refractivity contribution in [2.45, 2.75) is 6.42 Å². The van der Waals surface area contributed by atoms with Crippen molar-refractivity contribution in [1.29, 1.82) is 0 Å². The van der Waals surface area contributed by atoms with Crippen molar-refractivity contribution < 1.29 is 0 Å². The van der Waals surface area contributed by atoms with E-state index in [4.69, 9.17) is 5.73 Å². The Balaban J connectivity index is 2.49. The Hall–Kier alpha value is -1.48. The number of aromatic nitrogens is 2. The van der Waals surface area contributed by atoms with Crippen molar-refractivity contribution in [2.75, 3.05) is 6.54 Å². The molecule has 3 nitrogen and oxygen atoms in total. The van der Waals surface area contributed by atoms with Gasteiger partial charge in [-0.3, -0.25) is 9.97 Å². The van der Waals surface area contributed by atoms with Crippen LogP contribution in [-0.4, -0.2) is 16.5 Å². The molecule has 2 rings (SSSR count). The molecule has 0 aliphatic carbocycles. The molecule has 0 bridgehead atoms. The third-order valence-corrected chi connectivity index (χ3v) is 1.98. The van der Waals surface area contributed by atoms with Gasteiger partial charge < -0.3 is 5.73 Å². The molecule has 2 aromatic heterocycles. The second-order valence-electron chi connectivity index (χ2n) is 2.95. The van der Waals surface area contributed by atoms with Crippen LogP contribution in [0.5, 0.6) is 0 Å². The summed E-state index contributed by atoms with van der Waals surface area (Å²) >= 11 is 0. The third kappa shape index (κ3) is 1.65. The maximum Gasteiger partial charge on any atom is 0.0885 e. The Bertz CT molecular complexity index is 412. The first-order valence-corrected chi connectivity index (χ1v) is 4.29. The van der Waals surface area contributed by atoms with Gasteiger partial charge in [-0.15, -0.1) is 0 Å². The molecule has 0 unspecified atom stereocenters. The predicted molar refractivity (Wildman–Crippen MR) is 52.3 cm³/mol. The summed E-state index contributed by atoms with van der Waals surface area (Å²) in [5.74, 6) is 0. The van der Waals surface area contributed by atoms with Crippen LogP contribution < -0.4 is 5.73 Å². The van der Waals surface area contributed by atoms with Crippen LogP contribution >= 0.6 is 0 Å². The number of pyridine rings is 2. The quantitative estimate of drug-likeness (QED) is 0.740. The van der Waals surface area contributed by atoms with Crippen LogP contribution in [0.25, 0.3) is 10.9 Å². The first-order chi connectivity index (χ1) is 6.40. The van der Waals surface area contributed by atoms with E-state index in [1.165, 1.54) is 5.56 Å². The number of hydrogen-bond donors (Lipinski definition) is 1. The van der Waals surface area contributed by atoms with Crippen LogP contribution in [0.4, 0.5) is 0 Å². The Morgan fingerprint density at radius 1 is 1.31 bits per heavy atom. The molecule has 0 spiro atoms.